The van der Waals surface area contributed by atoms with Crippen LogP contribution >= 0.6 is 11.8 Å². The summed E-state index contributed by atoms with van der Waals surface area (Å²) in [5.41, 5.74) is 7.36. The van der Waals surface area contributed by atoms with E-state index in [-0.39, 0.29) is 16.9 Å². The van der Waals surface area contributed by atoms with E-state index in [9.17, 15) is 10.1 Å². The Hall–Kier alpha value is -3.03. The van der Waals surface area contributed by atoms with Crippen molar-refractivity contribution in [2.75, 3.05) is 12.8 Å². The number of nitriles is 2. The van der Waals surface area contributed by atoms with E-state index in [1.165, 1.54) is 24.9 Å². The van der Waals surface area contributed by atoms with E-state index in [1.54, 1.807) is 18.2 Å². The molecule has 0 spiro atoms. The molecule has 0 saturated carbocycles. The number of pyridine rings is 1. The lowest BCUT2D eigenvalue weighted by atomic mass is 10.1. The predicted molar refractivity (Wildman–Crippen MR) is 85.4 cm³/mol. The number of ether oxygens (including phenoxy) is 1. The minimum atomic E-state index is -0.422. The number of nitrogens with two attached hydrogens (primary N) is 1. The van der Waals surface area contributed by atoms with E-state index < -0.39 is 5.97 Å². The summed E-state index contributed by atoms with van der Waals surface area (Å²) >= 11 is 1.27. The summed E-state index contributed by atoms with van der Waals surface area (Å²) in [6, 6.07) is 12.3. The van der Waals surface area contributed by atoms with Gasteiger partial charge in [0.1, 0.15) is 23.0 Å². The lowest BCUT2D eigenvalue weighted by Gasteiger charge is -2.09. The van der Waals surface area contributed by atoms with Crippen molar-refractivity contribution in [3.8, 4) is 12.1 Å². The fourth-order valence-electron chi connectivity index (χ4n) is 1.89. The quantitative estimate of drug-likeness (QED) is 0.679. The van der Waals surface area contributed by atoms with Crippen LogP contribution in [0.1, 0.15) is 27.0 Å². The van der Waals surface area contributed by atoms with Crippen LogP contribution in [0.4, 0.5) is 5.82 Å². The van der Waals surface area contributed by atoms with Crippen LogP contribution in [0.2, 0.25) is 0 Å². The van der Waals surface area contributed by atoms with Crippen molar-refractivity contribution in [2.24, 2.45) is 0 Å². The number of rotatable bonds is 4. The second-order valence-electron chi connectivity index (χ2n) is 4.43. The smallest absolute Gasteiger partial charge is 0.338 e. The molecule has 0 bridgehead atoms. The van der Waals surface area contributed by atoms with Gasteiger partial charge in [-0.15, -0.1) is 11.8 Å². The molecule has 23 heavy (non-hydrogen) atoms. The average molecular weight is 324 g/mol. The van der Waals surface area contributed by atoms with E-state index >= 15 is 0 Å². The van der Waals surface area contributed by atoms with Crippen molar-refractivity contribution in [2.45, 2.75) is 10.8 Å². The number of thioether (sulfide) groups is 1. The highest BCUT2D eigenvalue weighted by Gasteiger charge is 2.14. The zero-order valence-electron chi connectivity index (χ0n) is 12.2. The van der Waals surface area contributed by atoms with Gasteiger partial charge in [0, 0.05) is 5.75 Å². The average Bonchev–Trinajstić information content (AvgIpc) is 2.59. The third-order valence-corrected chi connectivity index (χ3v) is 4.08. The number of carbonyl (C=O) groups excluding carboxylic acids is 1. The third kappa shape index (κ3) is 3.60. The van der Waals surface area contributed by atoms with Gasteiger partial charge in [-0.05, 0) is 17.7 Å². The zero-order valence-corrected chi connectivity index (χ0v) is 13.1. The second kappa shape index (κ2) is 7.30. The van der Waals surface area contributed by atoms with Crippen LogP contribution in [-0.2, 0) is 10.5 Å². The zero-order chi connectivity index (χ0) is 16.8. The molecular formula is C16H12N4O2S. The number of nitrogen functional groups attached to an aromatic ring is 1. The first-order valence-corrected chi connectivity index (χ1v) is 7.49. The fourth-order valence-corrected chi connectivity index (χ4v) is 2.86. The second-order valence-corrected chi connectivity index (χ2v) is 5.40. The van der Waals surface area contributed by atoms with Gasteiger partial charge in [-0.1, -0.05) is 18.2 Å². The minimum absolute atomic E-state index is 0.0789. The Morgan fingerprint density at radius 2 is 2.00 bits per heavy atom. The lowest BCUT2D eigenvalue weighted by molar-refractivity contribution is 0.0600. The van der Waals surface area contributed by atoms with Crippen LogP contribution in [0.3, 0.4) is 0 Å². The molecule has 0 fully saturated rings. The van der Waals surface area contributed by atoms with Gasteiger partial charge in [-0.25, -0.2) is 9.78 Å². The Bertz CT molecular complexity index is 837. The van der Waals surface area contributed by atoms with E-state index in [0.717, 1.165) is 5.56 Å². The van der Waals surface area contributed by atoms with Crippen LogP contribution in [-0.4, -0.2) is 18.1 Å². The molecule has 1 heterocycles. The maximum absolute atomic E-state index is 11.8. The number of hydrogen-bond donors (Lipinski definition) is 1. The molecule has 1 aromatic carbocycles. The number of esters is 1. The maximum Gasteiger partial charge on any atom is 0.338 e. The topological polar surface area (TPSA) is 113 Å². The molecule has 0 aliphatic carbocycles. The van der Waals surface area contributed by atoms with Crippen molar-refractivity contribution in [1.29, 1.82) is 10.5 Å². The molecule has 1 aromatic heterocycles. The Kier molecular flexibility index (Phi) is 5.19. The molecule has 0 aliphatic heterocycles. The molecule has 2 aromatic rings. The van der Waals surface area contributed by atoms with Gasteiger partial charge < -0.3 is 10.5 Å². The molecule has 2 rings (SSSR count). The summed E-state index contributed by atoms with van der Waals surface area (Å²) in [5.74, 6) is 0.0717. The van der Waals surface area contributed by atoms with Crippen LogP contribution in [0, 0.1) is 22.7 Å². The molecule has 0 amide bonds. The highest BCUT2D eigenvalue weighted by molar-refractivity contribution is 7.98. The van der Waals surface area contributed by atoms with E-state index in [0.29, 0.717) is 16.3 Å². The van der Waals surface area contributed by atoms with Crippen LogP contribution in [0.15, 0.2) is 35.4 Å². The van der Waals surface area contributed by atoms with Crippen molar-refractivity contribution in [1.82, 2.24) is 4.98 Å². The van der Waals surface area contributed by atoms with E-state index in [1.807, 2.05) is 18.2 Å². The number of hydrogen-bond acceptors (Lipinski definition) is 7. The number of carbonyl (C=O) groups is 1. The Labute approximate surface area is 137 Å². The Morgan fingerprint density at radius 3 is 2.65 bits per heavy atom. The molecule has 0 radical (unpaired) electrons. The summed E-state index contributed by atoms with van der Waals surface area (Å²) in [6.45, 7) is 0. The first kappa shape index (κ1) is 16.3. The number of nitrogens with zero attached hydrogens (tertiary/aromatic N) is 3. The number of methoxy groups -OCH3 is 1. The van der Waals surface area contributed by atoms with Crippen molar-refractivity contribution in [3.05, 3.63) is 52.6 Å². The number of benzene rings is 1. The van der Waals surface area contributed by atoms with Crippen LogP contribution in [0.25, 0.3) is 0 Å². The molecular weight excluding hydrogens is 312 g/mol. The summed E-state index contributed by atoms with van der Waals surface area (Å²) in [5, 5.41) is 18.5. The van der Waals surface area contributed by atoms with Crippen LogP contribution < -0.4 is 5.73 Å². The highest BCUT2D eigenvalue weighted by atomic mass is 32.2. The molecule has 114 valence electrons. The maximum atomic E-state index is 11.8. The lowest BCUT2D eigenvalue weighted by Crippen LogP contribution is -2.05. The fraction of sp³-hybridized carbons (Fsp3) is 0.125. The summed E-state index contributed by atoms with van der Waals surface area (Å²) in [4.78, 5) is 15.9. The summed E-state index contributed by atoms with van der Waals surface area (Å²) < 4.78 is 4.75. The summed E-state index contributed by atoms with van der Waals surface area (Å²) in [7, 11) is 1.32. The van der Waals surface area contributed by atoms with E-state index in [4.69, 9.17) is 15.7 Å². The molecule has 0 atom stereocenters. The number of aromatic nitrogens is 1. The highest BCUT2D eigenvalue weighted by Crippen LogP contribution is 2.28. The van der Waals surface area contributed by atoms with Gasteiger partial charge in [0.15, 0.2) is 0 Å². The van der Waals surface area contributed by atoms with Gasteiger partial charge in [0.2, 0.25) is 0 Å². The van der Waals surface area contributed by atoms with E-state index in [2.05, 4.69) is 4.98 Å². The molecule has 0 saturated heterocycles. The molecule has 7 heteroatoms. The van der Waals surface area contributed by atoms with Gasteiger partial charge in [0.05, 0.1) is 23.8 Å². The minimum Gasteiger partial charge on any atom is -0.465 e. The third-order valence-electron chi connectivity index (χ3n) is 3.04. The monoisotopic (exact) mass is 324 g/mol. The normalized spacial score (nSPS) is 9.70. The van der Waals surface area contributed by atoms with Crippen molar-refractivity contribution in [3.63, 3.8) is 0 Å². The van der Waals surface area contributed by atoms with Crippen molar-refractivity contribution < 1.29 is 9.53 Å². The van der Waals surface area contributed by atoms with Gasteiger partial charge in [0.25, 0.3) is 0 Å². The molecule has 2 N–H and O–H groups in total. The van der Waals surface area contributed by atoms with Crippen molar-refractivity contribution >= 4 is 23.5 Å². The SMILES string of the molecule is COC(=O)c1ccccc1CSc1nc(N)c(C#N)cc1C#N. The molecule has 0 aliphatic rings. The number of anilines is 1. The first-order valence-electron chi connectivity index (χ1n) is 6.50. The first-order chi connectivity index (χ1) is 11.1. The Balaban J connectivity index is 2.29. The Morgan fingerprint density at radius 1 is 1.30 bits per heavy atom. The van der Waals surface area contributed by atoms with Gasteiger partial charge >= 0.3 is 5.97 Å². The van der Waals surface area contributed by atoms with Gasteiger partial charge in [-0.2, -0.15) is 10.5 Å². The van der Waals surface area contributed by atoms with Gasteiger partial charge in [-0.3, -0.25) is 0 Å². The standard InChI is InChI=1S/C16H12N4O2S/c1-22-16(21)13-5-3-2-4-10(13)9-23-15-12(8-18)6-11(7-17)14(19)20-15/h2-6H,9H2,1H3,(H2,19,20). The predicted octanol–water partition coefficient (Wildman–Crippen LogP) is 2.49. The molecule has 6 nitrogen and oxygen atoms in total. The summed E-state index contributed by atoms with van der Waals surface area (Å²) in [6.07, 6.45) is 0. The molecule has 0 unspecified atom stereocenters. The largest absolute Gasteiger partial charge is 0.465 e. The van der Waals surface area contributed by atoms with Crippen LogP contribution in [0.5, 0.6) is 0 Å².